The van der Waals surface area contributed by atoms with Crippen LogP contribution in [-0.2, 0) is 6.42 Å². The van der Waals surface area contributed by atoms with Gasteiger partial charge in [-0.25, -0.2) is 9.37 Å². The number of nitrogens with zero attached hydrogens (tertiary/aromatic N) is 3. The molecule has 0 spiro atoms. The molecular weight excluding hydrogens is 415 g/mol. The molecule has 0 fully saturated rings. The minimum atomic E-state index is -0.354. The standard InChI is InChI=1S/C20H23N5.C6H6FN/c1-25(17-12-6-3-7-13-17)19-18(21)15-23-20(24-19)22-14-8-11-16-9-4-2-5-10-16;7-5-3-1-2-4-6(5)8/h2-7,9-10,12-13,15H,8,11,14,21H2,1H3,(H,22,23,24);1-4H,8H2. The van der Waals surface area contributed by atoms with Crippen molar-refractivity contribution in [3.05, 3.63) is 103 Å². The van der Waals surface area contributed by atoms with Crippen molar-refractivity contribution in [3.63, 3.8) is 0 Å². The third kappa shape index (κ3) is 7.21. The van der Waals surface area contributed by atoms with Gasteiger partial charge in [-0.1, -0.05) is 60.7 Å². The number of aromatic nitrogens is 2. The Kier molecular flexibility index (Phi) is 8.59. The summed E-state index contributed by atoms with van der Waals surface area (Å²) >= 11 is 0. The molecule has 6 nitrogen and oxygen atoms in total. The van der Waals surface area contributed by atoms with E-state index < -0.39 is 0 Å². The lowest BCUT2D eigenvalue weighted by atomic mass is 10.1. The predicted octanol–water partition coefficient (Wildman–Crippen LogP) is 5.28. The lowest BCUT2D eigenvalue weighted by Crippen LogP contribution is -2.15. The Balaban J connectivity index is 0.000000323. The molecule has 170 valence electrons. The molecule has 7 heteroatoms. The molecular formula is C26H29FN6. The molecule has 1 heterocycles. The van der Waals surface area contributed by atoms with Gasteiger partial charge >= 0.3 is 0 Å². The van der Waals surface area contributed by atoms with Crippen LogP contribution in [0.4, 0.5) is 33.2 Å². The van der Waals surface area contributed by atoms with Crippen LogP contribution in [-0.4, -0.2) is 23.6 Å². The highest BCUT2D eigenvalue weighted by Gasteiger charge is 2.11. The maximum atomic E-state index is 12.2. The van der Waals surface area contributed by atoms with Crippen molar-refractivity contribution in [2.24, 2.45) is 0 Å². The van der Waals surface area contributed by atoms with E-state index in [1.54, 1.807) is 18.3 Å². The Hall–Kier alpha value is -4.13. The average molecular weight is 445 g/mol. The zero-order valence-electron chi connectivity index (χ0n) is 18.7. The second-order valence-electron chi connectivity index (χ2n) is 7.40. The van der Waals surface area contributed by atoms with Gasteiger partial charge in [0.2, 0.25) is 5.95 Å². The number of nitrogens with one attached hydrogen (secondary N) is 1. The second kappa shape index (κ2) is 12.0. The number of aryl methyl sites for hydroxylation is 1. The minimum Gasteiger partial charge on any atom is -0.396 e. The first-order valence-corrected chi connectivity index (χ1v) is 10.7. The predicted molar refractivity (Wildman–Crippen MR) is 135 cm³/mol. The van der Waals surface area contributed by atoms with E-state index in [0.717, 1.165) is 25.1 Å². The molecule has 0 aliphatic heterocycles. The summed E-state index contributed by atoms with van der Waals surface area (Å²) in [5, 5.41) is 3.28. The van der Waals surface area contributed by atoms with Crippen LogP contribution in [0, 0.1) is 5.82 Å². The summed E-state index contributed by atoms with van der Waals surface area (Å²) in [6, 6.07) is 26.6. The van der Waals surface area contributed by atoms with Crippen LogP contribution in [0.5, 0.6) is 0 Å². The van der Waals surface area contributed by atoms with Gasteiger partial charge in [-0.3, -0.25) is 0 Å². The highest BCUT2D eigenvalue weighted by Crippen LogP contribution is 2.26. The largest absolute Gasteiger partial charge is 0.396 e. The van der Waals surface area contributed by atoms with Crippen molar-refractivity contribution < 1.29 is 4.39 Å². The fraction of sp³-hybridized carbons (Fsp3) is 0.154. The fourth-order valence-corrected chi connectivity index (χ4v) is 3.12. The summed E-state index contributed by atoms with van der Waals surface area (Å²) in [6.45, 7) is 0.813. The van der Waals surface area contributed by atoms with Crippen LogP contribution in [0.1, 0.15) is 12.0 Å². The molecule has 4 aromatic rings. The Morgan fingerprint density at radius 2 is 1.48 bits per heavy atom. The number of hydrogen-bond acceptors (Lipinski definition) is 6. The number of rotatable bonds is 7. The van der Waals surface area contributed by atoms with Gasteiger partial charge in [-0.2, -0.15) is 4.98 Å². The molecule has 0 amide bonds. The van der Waals surface area contributed by atoms with Gasteiger partial charge in [-0.05, 0) is 42.7 Å². The SMILES string of the molecule is CN(c1ccccc1)c1nc(NCCCc2ccccc2)ncc1N.Nc1ccccc1F. The number of benzene rings is 3. The Morgan fingerprint density at radius 3 is 2.12 bits per heavy atom. The number of nitrogen functional groups attached to an aromatic ring is 2. The Bertz CT molecular complexity index is 1100. The molecule has 3 aromatic carbocycles. The van der Waals surface area contributed by atoms with Crippen molar-refractivity contribution in [1.82, 2.24) is 9.97 Å². The van der Waals surface area contributed by atoms with Crippen LogP contribution in [0.3, 0.4) is 0 Å². The summed E-state index contributed by atoms with van der Waals surface area (Å²) in [6.07, 6.45) is 3.70. The van der Waals surface area contributed by atoms with Gasteiger partial charge < -0.3 is 21.7 Å². The van der Waals surface area contributed by atoms with Crippen molar-refractivity contribution in [3.8, 4) is 0 Å². The molecule has 0 unspecified atom stereocenters. The molecule has 1 aromatic heterocycles. The van der Waals surface area contributed by atoms with Gasteiger partial charge in [-0.15, -0.1) is 0 Å². The molecule has 33 heavy (non-hydrogen) atoms. The number of nitrogens with two attached hydrogens (primary N) is 2. The van der Waals surface area contributed by atoms with Crippen LogP contribution in [0.2, 0.25) is 0 Å². The van der Waals surface area contributed by atoms with Gasteiger partial charge in [0.05, 0.1) is 17.6 Å². The summed E-state index contributed by atoms with van der Waals surface area (Å²) < 4.78 is 12.2. The molecule has 0 atom stereocenters. The van der Waals surface area contributed by atoms with Crippen LogP contribution < -0.4 is 21.7 Å². The zero-order valence-corrected chi connectivity index (χ0v) is 18.7. The van der Waals surface area contributed by atoms with Crippen LogP contribution >= 0.6 is 0 Å². The highest BCUT2D eigenvalue weighted by molar-refractivity contribution is 5.70. The van der Waals surface area contributed by atoms with E-state index in [4.69, 9.17) is 11.5 Å². The highest BCUT2D eigenvalue weighted by atomic mass is 19.1. The van der Waals surface area contributed by atoms with Gasteiger partial charge in [0, 0.05) is 19.3 Å². The van der Waals surface area contributed by atoms with Crippen molar-refractivity contribution in [2.45, 2.75) is 12.8 Å². The molecule has 0 aliphatic rings. The van der Waals surface area contributed by atoms with E-state index in [2.05, 4.69) is 39.6 Å². The maximum absolute atomic E-state index is 12.2. The van der Waals surface area contributed by atoms with E-state index in [9.17, 15) is 4.39 Å². The Labute approximate surface area is 194 Å². The third-order valence-electron chi connectivity index (χ3n) is 4.93. The quantitative estimate of drug-likeness (QED) is 0.265. The molecule has 0 radical (unpaired) electrons. The number of hydrogen-bond donors (Lipinski definition) is 3. The van der Waals surface area contributed by atoms with Crippen molar-refractivity contribution in [2.75, 3.05) is 35.3 Å². The number of halogens is 1. The average Bonchev–Trinajstić information content (AvgIpc) is 2.86. The Morgan fingerprint density at radius 1 is 0.848 bits per heavy atom. The van der Waals surface area contributed by atoms with Crippen molar-refractivity contribution in [1.29, 1.82) is 0 Å². The van der Waals surface area contributed by atoms with Gasteiger partial charge in [0.1, 0.15) is 5.82 Å². The summed E-state index contributed by atoms with van der Waals surface area (Å²) in [4.78, 5) is 10.8. The molecule has 4 rings (SSSR count). The first-order valence-electron chi connectivity index (χ1n) is 10.7. The monoisotopic (exact) mass is 444 g/mol. The summed E-state index contributed by atoms with van der Waals surface area (Å²) in [5.74, 6) is 0.944. The van der Waals surface area contributed by atoms with E-state index in [0.29, 0.717) is 17.5 Å². The zero-order chi connectivity index (χ0) is 23.5. The van der Waals surface area contributed by atoms with E-state index >= 15 is 0 Å². The van der Waals surface area contributed by atoms with E-state index in [1.165, 1.54) is 17.7 Å². The summed E-state index contributed by atoms with van der Waals surface area (Å²) in [7, 11) is 1.95. The lowest BCUT2D eigenvalue weighted by Gasteiger charge is -2.20. The first kappa shape index (κ1) is 23.5. The normalized spacial score (nSPS) is 10.1. The van der Waals surface area contributed by atoms with Crippen LogP contribution in [0.15, 0.2) is 91.1 Å². The molecule has 0 saturated carbocycles. The number of para-hydroxylation sites is 2. The first-order chi connectivity index (χ1) is 16.0. The molecule has 0 aliphatic carbocycles. The van der Waals surface area contributed by atoms with Crippen molar-refractivity contribution >= 4 is 28.8 Å². The summed E-state index contributed by atoms with van der Waals surface area (Å²) in [5.41, 5.74) is 14.3. The topological polar surface area (TPSA) is 93.1 Å². The third-order valence-corrected chi connectivity index (χ3v) is 4.93. The van der Waals surface area contributed by atoms with Gasteiger partial charge in [0.25, 0.3) is 0 Å². The fourth-order valence-electron chi connectivity index (χ4n) is 3.12. The van der Waals surface area contributed by atoms with Crippen LogP contribution in [0.25, 0.3) is 0 Å². The lowest BCUT2D eigenvalue weighted by molar-refractivity contribution is 0.632. The molecule has 0 saturated heterocycles. The second-order valence-corrected chi connectivity index (χ2v) is 7.40. The maximum Gasteiger partial charge on any atom is 0.224 e. The molecule has 0 bridgehead atoms. The minimum absolute atomic E-state index is 0.201. The number of anilines is 5. The van der Waals surface area contributed by atoms with E-state index in [-0.39, 0.29) is 11.5 Å². The van der Waals surface area contributed by atoms with Gasteiger partial charge in [0.15, 0.2) is 5.82 Å². The molecule has 5 N–H and O–H groups in total. The van der Waals surface area contributed by atoms with E-state index in [1.807, 2.05) is 48.3 Å². The smallest absolute Gasteiger partial charge is 0.224 e.